The number of urea groups is 1. The van der Waals surface area contributed by atoms with Crippen LogP contribution in [0.25, 0.3) is 0 Å². The highest BCUT2D eigenvalue weighted by Gasteiger charge is 2.52. The Hall–Kier alpha value is -3.42. The number of anilines is 2. The van der Waals surface area contributed by atoms with Crippen LogP contribution in [0.5, 0.6) is 17.2 Å². The minimum absolute atomic E-state index is 0.0737. The van der Waals surface area contributed by atoms with Gasteiger partial charge in [-0.15, -0.1) is 0 Å². The van der Waals surface area contributed by atoms with Crippen molar-refractivity contribution in [1.29, 1.82) is 0 Å². The molecule has 3 amide bonds. The van der Waals surface area contributed by atoms with Crippen molar-refractivity contribution < 1.29 is 23.8 Å². The Morgan fingerprint density at radius 2 is 2.00 bits per heavy atom. The molecule has 8 nitrogen and oxygen atoms in total. The molecule has 8 heteroatoms. The summed E-state index contributed by atoms with van der Waals surface area (Å²) < 4.78 is 16.4. The summed E-state index contributed by atoms with van der Waals surface area (Å²) in [7, 11) is 1.60. The van der Waals surface area contributed by atoms with E-state index in [0.717, 1.165) is 11.3 Å². The third-order valence-electron chi connectivity index (χ3n) is 5.78. The van der Waals surface area contributed by atoms with E-state index in [4.69, 9.17) is 14.2 Å². The molecule has 0 bridgehead atoms. The van der Waals surface area contributed by atoms with Crippen molar-refractivity contribution in [1.82, 2.24) is 4.90 Å². The topological polar surface area (TPSA) is 89.1 Å². The van der Waals surface area contributed by atoms with Crippen LogP contribution in [-0.2, 0) is 10.2 Å². The number of methoxy groups -OCH3 is 1. The highest BCUT2D eigenvalue weighted by molar-refractivity contribution is 6.07. The van der Waals surface area contributed by atoms with Gasteiger partial charge >= 0.3 is 6.03 Å². The zero-order chi connectivity index (χ0) is 20.0. The maximum atomic E-state index is 12.9. The Balaban J connectivity index is 1.35. The first-order valence-electron chi connectivity index (χ1n) is 9.55. The van der Waals surface area contributed by atoms with Gasteiger partial charge in [0, 0.05) is 30.5 Å². The van der Waals surface area contributed by atoms with E-state index < -0.39 is 5.41 Å². The van der Waals surface area contributed by atoms with E-state index in [2.05, 4.69) is 10.6 Å². The standard InChI is InChI=1S/C21H21N3O5/c1-27-14-3-4-16-15(11-14)21(19(25)23-16)6-7-24(12-21)20(26)22-13-2-5-17-18(10-13)29-9-8-28-17/h2-5,10-11H,6-9,12H2,1H3,(H,22,26)(H,23,25). The fourth-order valence-corrected chi connectivity index (χ4v) is 4.23. The first-order valence-corrected chi connectivity index (χ1v) is 9.55. The predicted octanol–water partition coefficient (Wildman–Crippen LogP) is 2.59. The first kappa shape index (κ1) is 17.7. The zero-order valence-electron chi connectivity index (χ0n) is 16.0. The lowest BCUT2D eigenvalue weighted by atomic mass is 9.81. The molecule has 2 N–H and O–H groups in total. The van der Waals surface area contributed by atoms with E-state index in [9.17, 15) is 9.59 Å². The molecule has 1 spiro atoms. The van der Waals surface area contributed by atoms with Crippen LogP contribution in [0.3, 0.4) is 0 Å². The van der Waals surface area contributed by atoms with Crippen LogP contribution in [0.4, 0.5) is 16.2 Å². The summed E-state index contributed by atoms with van der Waals surface area (Å²) in [5.41, 5.74) is 1.55. The molecular formula is C21H21N3O5. The molecule has 3 aliphatic heterocycles. The average molecular weight is 395 g/mol. The number of benzene rings is 2. The predicted molar refractivity (Wildman–Crippen MR) is 106 cm³/mol. The molecule has 3 heterocycles. The van der Waals surface area contributed by atoms with Gasteiger partial charge in [-0.1, -0.05) is 0 Å². The third-order valence-corrected chi connectivity index (χ3v) is 5.78. The van der Waals surface area contributed by atoms with Gasteiger partial charge in [-0.25, -0.2) is 4.79 Å². The summed E-state index contributed by atoms with van der Waals surface area (Å²) >= 11 is 0. The number of fused-ring (bicyclic) bond motifs is 3. The lowest BCUT2D eigenvalue weighted by Crippen LogP contribution is -2.40. The fraction of sp³-hybridized carbons (Fsp3) is 0.333. The molecule has 0 radical (unpaired) electrons. The Morgan fingerprint density at radius 3 is 2.83 bits per heavy atom. The summed E-state index contributed by atoms with van der Waals surface area (Å²) in [5, 5.41) is 5.84. The van der Waals surface area contributed by atoms with Gasteiger partial charge in [0.1, 0.15) is 19.0 Å². The van der Waals surface area contributed by atoms with E-state index in [1.54, 1.807) is 30.2 Å². The average Bonchev–Trinajstić information content (AvgIpc) is 3.31. The van der Waals surface area contributed by atoms with Crippen molar-refractivity contribution in [3.8, 4) is 17.2 Å². The van der Waals surface area contributed by atoms with Gasteiger partial charge < -0.3 is 29.7 Å². The molecule has 2 aromatic rings. The molecule has 29 heavy (non-hydrogen) atoms. The molecule has 1 saturated heterocycles. The largest absolute Gasteiger partial charge is 0.497 e. The Kier molecular flexibility index (Phi) is 4.01. The van der Waals surface area contributed by atoms with Crippen LogP contribution in [0.2, 0.25) is 0 Å². The summed E-state index contributed by atoms with van der Waals surface area (Å²) in [6, 6.07) is 10.6. The molecule has 0 aromatic heterocycles. The van der Waals surface area contributed by atoms with Crippen molar-refractivity contribution >= 4 is 23.3 Å². The maximum Gasteiger partial charge on any atom is 0.321 e. The van der Waals surface area contributed by atoms with Gasteiger partial charge in [-0.05, 0) is 42.3 Å². The number of carbonyl (C=O) groups excluding carboxylic acids is 2. The molecule has 0 saturated carbocycles. The van der Waals surface area contributed by atoms with Gasteiger partial charge in [0.15, 0.2) is 11.5 Å². The number of nitrogens with zero attached hydrogens (tertiary/aromatic N) is 1. The lowest BCUT2D eigenvalue weighted by molar-refractivity contribution is -0.120. The third kappa shape index (κ3) is 2.83. The Bertz CT molecular complexity index is 1010. The number of carbonyl (C=O) groups is 2. The van der Waals surface area contributed by atoms with Crippen molar-refractivity contribution in [3.05, 3.63) is 42.0 Å². The van der Waals surface area contributed by atoms with Crippen molar-refractivity contribution in [2.75, 3.05) is 44.0 Å². The molecule has 150 valence electrons. The summed E-state index contributed by atoms with van der Waals surface area (Å²) in [5.74, 6) is 1.90. The number of likely N-dealkylation sites (tertiary alicyclic amines) is 1. The number of nitrogens with one attached hydrogen (secondary N) is 2. The van der Waals surface area contributed by atoms with Crippen LogP contribution in [-0.4, -0.2) is 50.3 Å². The molecule has 5 rings (SSSR count). The first-order chi connectivity index (χ1) is 14.1. The minimum atomic E-state index is -0.742. The zero-order valence-corrected chi connectivity index (χ0v) is 16.0. The van der Waals surface area contributed by atoms with E-state index in [1.165, 1.54) is 0 Å². The smallest absolute Gasteiger partial charge is 0.321 e. The Morgan fingerprint density at radius 1 is 1.17 bits per heavy atom. The summed E-state index contributed by atoms with van der Waals surface area (Å²) in [4.78, 5) is 27.3. The second-order valence-electron chi connectivity index (χ2n) is 7.41. The van der Waals surface area contributed by atoms with Crippen LogP contribution in [0.15, 0.2) is 36.4 Å². The second-order valence-corrected chi connectivity index (χ2v) is 7.41. The maximum absolute atomic E-state index is 12.9. The number of hydrogen-bond donors (Lipinski definition) is 2. The summed E-state index contributed by atoms with van der Waals surface area (Å²) in [6.45, 7) is 1.80. The second kappa shape index (κ2) is 6.58. The van der Waals surface area contributed by atoms with Gasteiger partial charge in [0.2, 0.25) is 5.91 Å². The SMILES string of the molecule is COc1ccc2c(c1)C1(CCN(C(=O)Nc3ccc4c(c3)OCCO4)C1)C(=O)N2. The highest BCUT2D eigenvalue weighted by Crippen LogP contribution is 2.45. The van der Waals surface area contributed by atoms with E-state index >= 15 is 0 Å². The molecule has 3 aliphatic rings. The summed E-state index contributed by atoms with van der Waals surface area (Å²) in [6.07, 6.45) is 0.563. The number of hydrogen-bond acceptors (Lipinski definition) is 5. The molecule has 1 fully saturated rings. The van der Waals surface area contributed by atoms with Crippen LogP contribution >= 0.6 is 0 Å². The highest BCUT2D eigenvalue weighted by atomic mass is 16.6. The van der Waals surface area contributed by atoms with E-state index in [1.807, 2.05) is 18.2 Å². The molecule has 1 unspecified atom stereocenters. The van der Waals surface area contributed by atoms with Gasteiger partial charge in [0.05, 0.1) is 12.5 Å². The number of rotatable bonds is 2. The molecule has 1 atom stereocenters. The number of amides is 3. The monoisotopic (exact) mass is 395 g/mol. The van der Waals surface area contributed by atoms with Crippen LogP contribution < -0.4 is 24.8 Å². The quantitative estimate of drug-likeness (QED) is 0.816. The Labute approximate surface area is 167 Å². The normalized spacial score (nSPS) is 21.7. The molecule has 2 aromatic carbocycles. The lowest BCUT2D eigenvalue weighted by Gasteiger charge is -2.23. The number of ether oxygens (including phenoxy) is 3. The van der Waals surface area contributed by atoms with Gasteiger partial charge in [-0.2, -0.15) is 0 Å². The van der Waals surface area contributed by atoms with Crippen molar-refractivity contribution in [2.24, 2.45) is 0 Å². The minimum Gasteiger partial charge on any atom is -0.497 e. The molecular weight excluding hydrogens is 374 g/mol. The molecule has 0 aliphatic carbocycles. The van der Waals surface area contributed by atoms with Gasteiger partial charge in [0.25, 0.3) is 0 Å². The van der Waals surface area contributed by atoms with Crippen molar-refractivity contribution in [2.45, 2.75) is 11.8 Å². The fourth-order valence-electron chi connectivity index (χ4n) is 4.23. The van der Waals surface area contributed by atoms with Gasteiger partial charge in [-0.3, -0.25) is 4.79 Å². The van der Waals surface area contributed by atoms with Crippen LogP contribution in [0, 0.1) is 0 Å². The van der Waals surface area contributed by atoms with E-state index in [-0.39, 0.29) is 11.9 Å². The van der Waals surface area contributed by atoms with Crippen LogP contribution in [0.1, 0.15) is 12.0 Å². The van der Waals surface area contributed by atoms with E-state index in [0.29, 0.717) is 55.7 Å². The van der Waals surface area contributed by atoms with Crippen molar-refractivity contribution in [3.63, 3.8) is 0 Å².